The lowest BCUT2D eigenvalue weighted by Gasteiger charge is -2.34. The van der Waals surface area contributed by atoms with Crippen molar-refractivity contribution in [3.05, 3.63) is 28.8 Å². The lowest BCUT2D eigenvalue weighted by Crippen LogP contribution is -2.42. The molecule has 1 aliphatic rings. The Bertz CT molecular complexity index is 465. The Morgan fingerprint density at radius 3 is 2.73 bits per heavy atom. The lowest BCUT2D eigenvalue weighted by atomic mass is 10.0. The van der Waals surface area contributed by atoms with Gasteiger partial charge in [0, 0.05) is 36.8 Å². The molecule has 0 amide bonds. The van der Waals surface area contributed by atoms with E-state index in [0.29, 0.717) is 18.2 Å². The van der Waals surface area contributed by atoms with Gasteiger partial charge >= 0.3 is 0 Å². The average molecular weight is 328 g/mol. The molecule has 1 fully saturated rings. The molecule has 0 aliphatic carbocycles. The monoisotopic (exact) mass is 327 g/mol. The minimum Gasteiger partial charge on any atom is -0.492 e. The van der Waals surface area contributed by atoms with Crippen LogP contribution in [0.1, 0.15) is 11.6 Å². The van der Waals surface area contributed by atoms with E-state index in [0.717, 1.165) is 44.2 Å². The summed E-state index contributed by atoms with van der Waals surface area (Å²) in [6.07, 6.45) is 0. The van der Waals surface area contributed by atoms with Gasteiger partial charge in [-0.05, 0) is 32.3 Å². The molecular weight excluding hydrogens is 302 g/mol. The standard InChI is InChI=1S/C16H26ClN3O2/c1-19(2)5-10-22-16-4-3-13(17)11-14(16)15(12-18)20-6-8-21-9-7-20/h3-4,11,15H,5-10,12,18H2,1-2H3. The Morgan fingerprint density at radius 1 is 1.36 bits per heavy atom. The summed E-state index contributed by atoms with van der Waals surface area (Å²) in [7, 11) is 4.06. The first kappa shape index (κ1) is 17.5. The minimum atomic E-state index is 0.108. The maximum absolute atomic E-state index is 6.19. The van der Waals surface area contributed by atoms with Crippen molar-refractivity contribution >= 4 is 11.6 Å². The van der Waals surface area contributed by atoms with Crippen molar-refractivity contribution in [2.45, 2.75) is 6.04 Å². The molecule has 1 atom stereocenters. The molecule has 5 nitrogen and oxygen atoms in total. The zero-order chi connectivity index (χ0) is 15.9. The number of likely N-dealkylation sites (N-methyl/N-ethyl adjacent to an activating group) is 1. The number of hydrogen-bond donors (Lipinski definition) is 1. The van der Waals surface area contributed by atoms with Crippen LogP contribution in [-0.2, 0) is 4.74 Å². The van der Waals surface area contributed by atoms with Gasteiger partial charge in [0.25, 0.3) is 0 Å². The van der Waals surface area contributed by atoms with Crippen molar-refractivity contribution in [3.63, 3.8) is 0 Å². The van der Waals surface area contributed by atoms with Crippen LogP contribution in [0.2, 0.25) is 5.02 Å². The summed E-state index contributed by atoms with van der Waals surface area (Å²) in [6.45, 7) is 5.29. The number of benzene rings is 1. The van der Waals surface area contributed by atoms with Crippen LogP contribution in [0.25, 0.3) is 0 Å². The number of nitrogens with zero attached hydrogens (tertiary/aromatic N) is 2. The van der Waals surface area contributed by atoms with Gasteiger partial charge in [-0.25, -0.2) is 0 Å². The van der Waals surface area contributed by atoms with Crippen LogP contribution in [0.5, 0.6) is 5.75 Å². The molecule has 22 heavy (non-hydrogen) atoms. The second-order valence-electron chi connectivity index (χ2n) is 5.73. The van der Waals surface area contributed by atoms with Gasteiger partial charge in [-0.3, -0.25) is 4.90 Å². The molecule has 2 rings (SSSR count). The Labute approximate surface area is 137 Å². The zero-order valence-corrected chi connectivity index (χ0v) is 14.2. The van der Waals surface area contributed by atoms with Crippen molar-refractivity contribution in [1.82, 2.24) is 9.80 Å². The van der Waals surface area contributed by atoms with Crippen molar-refractivity contribution in [1.29, 1.82) is 0 Å². The van der Waals surface area contributed by atoms with Crippen molar-refractivity contribution < 1.29 is 9.47 Å². The summed E-state index contributed by atoms with van der Waals surface area (Å²) in [5, 5.41) is 0.710. The van der Waals surface area contributed by atoms with Crippen LogP contribution in [0, 0.1) is 0 Å². The van der Waals surface area contributed by atoms with Crippen LogP contribution in [0.3, 0.4) is 0 Å². The molecule has 0 bridgehead atoms. The van der Waals surface area contributed by atoms with E-state index in [1.165, 1.54) is 0 Å². The Kier molecular flexibility index (Phi) is 6.92. The fourth-order valence-corrected chi connectivity index (χ4v) is 2.79. The van der Waals surface area contributed by atoms with Gasteiger partial charge in [-0.1, -0.05) is 11.6 Å². The van der Waals surface area contributed by atoms with E-state index in [9.17, 15) is 0 Å². The van der Waals surface area contributed by atoms with E-state index >= 15 is 0 Å². The number of hydrogen-bond acceptors (Lipinski definition) is 5. The molecule has 1 heterocycles. The first-order valence-electron chi connectivity index (χ1n) is 7.70. The van der Waals surface area contributed by atoms with Crippen molar-refractivity contribution in [2.24, 2.45) is 5.73 Å². The number of rotatable bonds is 7. The molecule has 0 aromatic heterocycles. The van der Waals surface area contributed by atoms with Crippen LogP contribution >= 0.6 is 11.6 Å². The van der Waals surface area contributed by atoms with E-state index in [1.54, 1.807) is 0 Å². The molecule has 1 aliphatic heterocycles. The highest BCUT2D eigenvalue weighted by atomic mass is 35.5. The summed E-state index contributed by atoms with van der Waals surface area (Å²) in [5.74, 6) is 0.869. The highest BCUT2D eigenvalue weighted by Crippen LogP contribution is 2.32. The second-order valence-corrected chi connectivity index (χ2v) is 6.17. The van der Waals surface area contributed by atoms with E-state index in [2.05, 4.69) is 9.80 Å². The Morgan fingerprint density at radius 2 is 2.09 bits per heavy atom. The largest absolute Gasteiger partial charge is 0.492 e. The number of morpholine rings is 1. The first-order valence-corrected chi connectivity index (χ1v) is 8.08. The van der Waals surface area contributed by atoms with E-state index in [1.807, 2.05) is 32.3 Å². The summed E-state index contributed by atoms with van der Waals surface area (Å²) in [6, 6.07) is 5.88. The average Bonchev–Trinajstić information content (AvgIpc) is 2.51. The van der Waals surface area contributed by atoms with Crippen LogP contribution in [-0.4, -0.2) is 69.9 Å². The zero-order valence-electron chi connectivity index (χ0n) is 13.4. The summed E-state index contributed by atoms with van der Waals surface area (Å²) in [4.78, 5) is 4.44. The van der Waals surface area contributed by atoms with Crippen molar-refractivity contribution in [3.8, 4) is 5.75 Å². The summed E-state index contributed by atoms with van der Waals surface area (Å²) < 4.78 is 11.4. The minimum absolute atomic E-state index is 0.108. The highest BCUT2D eigenvalue weighted by molar-refractivity contribution is 6.30. The molecule has 1 saturated heterocycles. The predicted octanol–water partition coefficient (Wildman–Crippen LogP) is 1.61. The smallest absolute Gasteiger partial charge is 0.124 e. The SMILES string of the molecule is CN(C)CCOc1ccc(Cl)cc1C(CN)N1CCOCC1. The van der Waals surface area contributed by atoms with E-state index in [-0.39, 0.29) is 6.04 Å². The highest BCUT2D eigenvalue weighted by Gasteiger charge is 2.24. The van der Waals surface area contributed by atoms with E-state index in [4.69, 9.17) is 26.8 Å². The fraction of sp³-hybridized carbons (Fsp3) is 0.625. The second kappa shape index (κ2) is 8.70. The lowest BCUT2D eigenvalue weighted by molar-refractivity contribution is 0.0173. The summed E-state index contributed by atoms with van der Waals surface area (Å²) in [5.41, 5.74) is 7.11. The molecular formula is C16H26ClN3O2. The maximum Gasteiger partial charge on any atom is 0.124 e. The maximum atomic E-state index is 6.19. The van der Waals surface area contributed by atoms with Crippen LogP contribution < -0.4 is 10.5 Å². The molecule has 6 heteroatoms. The normalized spacial score (nSPS) is 17.7. The molecule has 1 aromatic carbocycles. The van der Waals surface area contributed by atoms with Crippen LogP contribution in [0.15, 0.2) is 18.2 Å². The molecule has 0 saturated carbocycles. The van der Waals surface area contributed by atoms with Gasteiger partial charge in [0.05, 0.1) is 19.3 Å². The van der Waals surface area contributed by atoms with Crippen LogP contribution in [0.4, 0.5) is 0 Å². The topological polar surface area (TPSA) is 51.0 Å². The third-order valence-corrected chi connectivity index (χ3v) is 4.07. The number of halogens is 1. The van der Waals surface area contributed by atoms with E-state index < -0.39 is 0 Å². The molecule has 0 radical (unpaired) electrons. The quantitative estimate of drug-likeness (QED) is 0.824. The molecule has 2 N–H and O–H groups in total. The van der Waals surface area contributed by atoms with Crippen molar-refractivity contribution in [2.75, 3.05) is 60.1 Å². The Hall–Kier alpha value is -0.850. The van der Waals surface area contributed by atoms with Gasteiger partial charge in [-0.15, -0.1) is 0 Å². The number of nitrogens with two attached hydrogens (primary N) is 1. The molecule has 1 aromatic rings. The van der Waals surface area contributed by atoms with Gasteiger partial charge < -0.3 is 20.1 Å². The molecule has 0 spiro atoms. The summed E-state index contributed by atoms with van der Waals surface area (Å²) >= 11 is 6.19. The van der Waals surface area contributed by atoms with Gasteiger partial charge in [0.1, 0.15) is 12.4 Å². The van der Waals surface area contributed by atoms with Gasteiger partial charge in [0.15, 0.2) is 0 Å². The molecule has 1 unspecified atom stereocenters. The predicted molar refractivity (Wildman–Crippen MR) is 89.7 cm³/mol. The van der Waals surface area contributed by atoms with Gasteiger partial charge in [0.2, 0.25) is 0 Å². The third-order valence-electron chi connectivity index (χ3n) is 3.84. The third kappa shape index (κ3) is 4.83. The molecule has 124 valence electrons. The fourth-order valence-electron chi connectivity index (χ4n) is 2.61. The number of ether oxygens (including phenoxy) is 2. The van der Waals surface area contributed by atoms with Gasteiger partial charge in [-0.2, -0.15) is 0 Å². The Balaban J connectivity index is 2.16. The first-order chi connectivity index (χ1) is 10.6.